The number of rotatable bonds is 2. The van der Waals surface area contributed by atoms with E-state index in [4.69, 9.17) is 0 Å². The number of fused-ring (bicyclic) bond motifs is 2. The Morgan fingerprint density at radius 1 is 1.00 bits per heavy atom. The molecule has 0 unspecified atom stereocenters. The number of Topliss-reactive ketones (excluding diaryl/α,β-unsaturated/α-hetero) is 1. The second-order valence-electron chi connectivity index (χ2n) is 5.55. The first-order chi connectivity index (χ1) is 10.5. The van der Waals surface area contributed by atoms with E-state index in [1.165, 1.54) is 23.9 Å². The van der Waals surface area contributed by atoms with Gasteiger partial charge in [0.05, 0.1) is 5.41 Å². The molecule has 2 aromatic carbocycles. The summed E-state index contributed by atoms with van der Waals surface area (Å²) in [6.07, 6.45) is 1.39. The number of phenols is 2. The maximum absolute atomic E-state index is 13.2. The highest BCUT2D eigenvalue weighted by molar-refractivity contribution is 7.99. The van der Waals surface area contributed by atoms with Gasteiger partial charge in [0.15, 0.2) is 17.3 Å². The van der Waals surface area contributed by atoms with Crippen LogP contribution in [0.1, 0.15) is 42.6 Å². The summed E-state index contributed by atoms with van der Waals surface area (Å²) in [5.74, 6) is -0.433. The molecule has 0 aromatic heterocycles. The van der Waals surface area contributed by atoms with Gasteiger partial charge in [0.25, 0.3) is 0 Å². The smallest absolute Gasteiger partial charge is 0.174 e. The first kappa shape index (κ1) is 15.0. The Labute approximate surface area is 134 Å². The lowest BCUT2D eigenvalue weighted by atomic mass is 9.70. The number of carbonyl (C=O) groups excluding carboxylic acids is 1. The van der Waals surface area contributed by atoms with Crippen molar-refractivity contribution in [1.29, 1.82) is 0 Å². The molecule has 3 nitrogen and oxygen atoms in total. The van der Waals surface area contributed by atoms with Crippen molar-refractivity contribution in [2.45, 2.75) is 41.9 Å². The molecular weight excluding hydrogens is 296 g/mol. The van der Waals surface area contributed by atoms with Crippen molar-refractivity contribution < 1.29 is 15.0 Å². The van der Waals surface area contributed by atoms with Crippen molar-refractivity contribution >= 4 is 17.5 Å². The zero-order valence-corrected chi connectivity index (χ0v) is 13.4. The van der Waals surface area contributed by atoms with E-state index < -0.39 is 5.41 Å². The third kappa shape index (κ3) is 2.02. The van der Waals surface area contributed by atoms with Crippen molar-refractivity contribution in [2.24, 2.45) is 0 Å². The van der Waals surface area contributed by atoms with Gasteiger partial charge in [0.1, 0.15) is 0 Å². The van der Waals surface area contributed by atoms with Gasteiger partial charge < -0.3 is 10.2 Å². The number of benzene rings is 2. The number of carbonyl (C=O) groups is 1. The molecule has 114 valence electrons. The van der Waals surface area contributed by atoms with Gasteiger partial charge in [-0.25, -0.2) is 0 Å². The quantitative estimate of drug-likeness (QED) is 0.801. The molecule has 1 aliphatic heterocycles. The topological polar surface area (TPSA) is 57.5 Å². The Kier molecular flexibility index (Phi) is 3.65. The van der Waals surface area contributed by atoms with E-state index in [0.717, 1.165) is 10.5 Å². The predicted octanol–water partition coefficient (Wildman–Crippen LogP) is 4.50. The van der Waals surface area contributed by atoms with E-state index in [1.807, 2.05) is 38.1 Å². The summed E-state index contributed by atoms with van der Waals surface area (Å²) >= 11 is 1.47. The van der Waals surface area contributed by atoms with E-state index >= 15 is 0 Å². The highest BCUT2D eigenvalue weighted by Gasteiger charge is 2.42. The molecule has 1 aliphatic rings. The number of phenolic OH excluding ortho intramolecular Hbond substituents is 2. The largest absolute Gasteiger partial charge is 0.504 e. The number of hydrogen-bond donors (Lipinski definition) is 2. The van der Waals surface area contributed by atoms with Gasteiger partial charge in [0, 0.05) is 15.4 Å². The normalized spacial score (nSPS) is 15.8. The van der Waals surface area contributed by atoms with Gasteiger partial charge >= 0.3 is 0 Å². The molecule has 0 atom stereocenters. The summed E-state index contributed by atoms with van der Waals surface area (Å²) in [6, 6.07) is 10.8. The van der Waals surface area contributed by atoms with E-state index in [-0.39, 0.29) is 17.3 Å². The van der Waals surface area contributed by atoms with E-state index in [9.17, 15) is 15.0 Å². The van der Waals surface area contributed by atoms with Crippen LogP contribution >= 0.6 is 11.8 Å². The fraction of sp³-hybridized carbons (Fsp3) is 0.278. The average molecular weight is 314 g/mol. The Bertz CT molecular complexity index is 748. The molecule has 1 heterocycles. The zero-order valence-electron chi connectivity index (χ0n) is 12.6. The zero-order chi connectivity index (χ0) is 15.9. The predicted molar refractivity (Wildman–Crippen MR) is 86.9 cm³/mol. The van der Waals surface area contributed by atoms with Gasteiger partial charge in [-0.05, 0) is 36.6 Å². The maximum atomic E-state index is 13.2. The summed E-state index contributed by atoms with van der Waals surface area (Å²) in [5, 5.41) is 19.6. The van der Waals surface area contributed by atoms with Crippen LogP contribution < -0.4 is 0 Å². The third-order valence-corrected chi connectivity index (χ3v) is 5.72. The minimum absolute atomic E-state index is 0.0141. The molecule has 0 amide bonds. The summed E-state index contributed by atoms with van der Waals surface area (Å²) in [7, 11) is 0. The van der Waals surface area contributed by atoms with Crippen LogP contribution in [0.4, 0.5) is 0 Å². The molecule has 4 heteroatoms. The lowest BCUT2D eigenvalue weighted by Gasteiger charge is -2.30. The molecule has 3 rings (SSSR count). The fourth-order valence-electron chi connectivity index (χ4n) is 3.22. The number of ketones is 1. The lowest BCUT2D eigenvalue weighted by Crippen LogP contribution is -2.34. The molecule has 0 saturated heterocycles. The number of aromatic hydroxyl groups is 2. The Morgan fingerprint density at radius 2 is 1.64 bits per heavy atom. The van der Waals surface area contributed by atoms with Gasteiger partial charge in [-0.3, -0.25) is 4.79 Å². The van der Waals surface area contributed by atoms with E-state index in [0.29, 0.717) is 23.3 Å². The molecule has 2 N–H and O–H groups in total. The fourth-order valence-corrected chi connectivity index (χ4v) is 4.41. The second kappa shape index (κ2) is 5.36. The minimum Gasteiger partial charge on any atom is -0.504 e. The molecule has 0 fully saturated rings. The molecule has 0 spiro atoms. The van der Waals surface area contributed by atoms with Gasteiger partial charge in [-0.1, -0.05) is 43.8 Å². The summed E-state index contributed by atoms with van der Waals surface area (Å²) in [6.45, 7) is 4.04. The molecular formula is C18H18O3S. The summed E-state index contributed by atoms with van der Waals surface area (Å²) in [4.78, 5) is 15.0. The van der Waals surface area contributed by atoms with Crippen LogP contribution in [0.2, 0.25) is 0 Å². The SMILES string of the molecule is CCC1(CC)C(=O)c2cc(O)c(O)cc2Sc2ccccc21. The Morgan fingerprint density at radius 3 is 2.32 bits per heavy atom. The van der Waals surface area contributed by atoms with E-state index in [2.05, 4.69) is 0 Å². The highest BCUT2D eigenvalue weighted by Crippen LogP contribution is 2.49. The van der Waals surface area contributed by atoms with Gasteiger partial charge in [-0.2, -0.15) is 0 Å². The Balaban J connectivity index is 2.34. The first-order valence-electron chi connectivity index (χ1n) is 7.41. The van der Waals surface area contributed by atoms with Crippen molar-refractivity contribution in [1.82, 2.24) is 0 Å². The van der Waals surface area contributed by atoms with Crippen molar-refractivity contribution in [3.05, 3.63) is 47.5 Å². The van der Waals surface area contributed by atoms with Crippen molar-refractivity contribution in [2.75, 3.05) is 0 Å². The molecule has 22 heavy (non-hydrogen) atoms. The van der Waals surface area contributed by atoms with Gasteiger partial charge in [0.2, 0.25) is 0 Å². The van der Waals surface area contributed by atoms with Crippen LogP contribution in [-0.2, 0) is 5.41 Å². The Hall–Kier alpha value is -1.94. The monoisotopic (exact) mass is 314 g/mol. The van der Waals surface area contributed by atoms with Crippen LogP contribution in [-0.4, -0.2) is 16.0 Å². The highest BCUT2D eigenvalue weighted by atomic mass is 32.2. The molecule has 0 saturated carbocycles. The number of hydrogen-bond acceptors (Lipinski definition) is 4. The molecule has 0 bridgehead atoms. The maximum Gasteiger partial charge on any atom is 0.174 e. The molecule has 0 aliphatic carbocycles. The van der Waals surface area contributed by atoms with Crippen molar-refractivity contribution in [3.8, 4) is 11.5 Å². The van der Waals surface area contributed by atoms with Crippen LogP contribution in [0.25, 0.3) is 0 Å². The average Bonchev–Trinajstić information content (AvgIpc) is 2.62. The van der Waals surface area contributed by atoms with Crippen LogP contribution in [0.15, 0.2) is 46.2 Å². The molecule has 2 aromatic rings. The third-order valence-electron chi connectivity index (χ3n) is 4.59. The molecule has 0 radical (unpaired) electrons. The second-order valence-corrected chi connectivity index (χ2v) is 6.64. The first-order valence-corrected chi connectivity index (χ1v) is 8.23. The van der Waals surface area contributed by atoms with Crippen LogP contribution in [0.5, 0.6) is 11.5 Å². The summed E-state index contributed by atoms with van der Waals surface area (Å²) in [5.41, 5.74) is 0.934. The minimum atomic E-state index is -0.585. The van der Waals surface area contributed by atoms with E-state index in [1.54, 1.807) is 0 Å². The van der Waals surface area contributed by atoms with Crippen LogP contribution in [0, 0.1) is 0 Å². The van der Waals surface area contributed by atoms with Gasteiger partial charge in [-0.15, -0.1) is 0 Å². The van der Waals surface area contributed by atoms with Crippen molar-refractivity contribution in [3.63, 3.8) is 0 Å². The lowest BCUT2D eigenvalue weighted by molar-refractivity contribution is 0.0868. The standard InChI is InChI=1S/C18H18O3S/c1-3-18(4-2)12-7-5-6-8-15(12)22-16-10-14(20)13(19)9-11(16)17(18)21/h5-10,19-20H,3-4H2,1-2H3. The van der Waals surface area contributed by atoms with Crippen LogP contribution in [0.3, 0.4) is 0 Å². The summed E-state index contributed by atoms with van der Waals surface area (Å²) < 4.78 is 0.